The van der Waals surface area contributed by atoms with Gasteiger partial charge in [0.2, 0.25) is 5.89 Å². The number of hydrogen-bond acceptors (Lipinski definition) is 8. The zero-order chi connectivity index (χ0) is 22.8. The molecule has 0 radical (unpaired) electrons. The predicted octanol–water partition coefficient (Wildman–Crippen LogP) is 6.17. The monoisotopic (exact) mass is 477 g/mol. The summed E-state index contributed by atoms with van der Waals surface area (Å²) in [6.07, 6.45) is 2.68. The lowest BCUT2D eigenvalue weighted by molar-refractivity contribution is 0.529. The van der Waals surface area contributed by atoms with Crippen LogP contribution in [-0.2, 0) is 18.7 Å². The highest BCUT2D eigenvalue weighted by Gasteiger charge is 2.19. The largest absolute Gasteiger partial charge is 0.469 e. The highest BCUT2D eigenvalue weighted by molar-refractivity contribution is 7.98. The van der Waals surface area contributed by atoms with Gasteiger partial charge in [-0.25, -0.2) is 0 Å². The van der Waals surface area contributed by atoms with Crippen LogP contribution in [0.2, 0.25) is 0 Å². The summed E-state index contributed by atoms with van der Waals surface area (Å²) in [5.41, 5.74) is 3.37. The predicted molar refractivity (Wildman–Crippen MR) is 129 cm³/mol. The summed E-state index contributed by atoms with van der Waals surface area (Å²) < 4.78 is 13.6. The van der Waals surface area contributed by atoms with E-state index in [1.165, 1.54) is 27.8 Å². The minimum absolute atomic E-state index is 0.509. The summed E-state index contributed by atoms with van der Waals surface area (Å²) in [5.74, 6) is 3.23. The molecule has 0 aliphatic heterocycles. The van der Waals surface area contributed by atoms with Gasteiger partial charge in [-0.05, 0) is 43.5 Å². The van der Waals surface area contributed by atoms with Gasteiger partial charge in [0.25, 0.3) is 5.89 Å². The van der Waals surface area contributed by atoms with Crippen molar-refractivity contribution in [3.63, 3.8) is 0 Å². The van der Waals surface area contributed by atoms with Crippen molar-refractivity contribution in [2.45, 2.75) is 44.6 Å². The Bertz CT molecular complexity index is 1370. The molecule has 1 aromatic carbocycles. The van der Waals surface area contributed by atoms with Crippen molar-refractivity contribution in [1.29, 1.82) is 0 Å². The molecule has 0 fully saturated rings. The number of benzene rings is 1. The maximum absolute atomic E-state index is 5.96. The van der Waals surface area contributed by atoms with Crippen molar-refractivity contribution < 1.29 is 8.83 Å². The molecule has 0 unspecified atom stereocenters. The first-order valence-electron chi connectivity index (χ1n) is 10.7. The molecule has 0 saturated carbocycles. The second-order valence-corrected chi connectivity index (χ2v) is 9.71. The molecule has 0 spiro atoms. The summed E-state index contributed by atoms with van der Waals surface area (Å²) in [7, 11) is 0. The van der Waals surface area contributed by atoms with E-state index in [4.69, 9.17) is 8.83 Å². The fraction of sp³-hybridized carbons (Fsp3) is 0.250. The lowest BCUT2D eigenvalue weighted by Gasteiger charge is -2.09. The van der Waals surface area contributed by atoms with Crippen LogP contribution in [0.15, 0.2) is 62.7 Å². The van der Waals surface area contributed by atoms with Crippen molar-refractivity contribution in [2.24, 2.45) is 0 Å². The first kappa shape index (κ1) is 21.7. The second kappa shape index (κ2) is 9.36. The van der Waals surface area contributed by atoms with Crippen LogP contribution in [0.5, 0.6) is 0 Å². The molecule has 33 heavy (non-hydrogen) atoms. The van der Waals surface area contributed by atoms with E-state index < -0.39 is 0 Å². The molecule has 0 N–H and O–H groups in total. The average molecular weight is 478 g/mol. The molecule has 5 aromatic rings. The summed E-state index contributed by atoms with van der Waals surface area (Å²) in [5, 5.41) is 18.2. The molecule has 5 rings (SSSR count). The van der Waals surface area contributed by atoms with Gasteiger partial charge in [0.15, 0.2) is 11.0 Å². The summed E-state index contributed by atoms with van der Waals surface area (Å²) >= 11 is 3.24. The standard InChI is InChI=1S/C24H23N5O2S2/c1-4-19-15(2)12-20(33-19)23-27-25-21(31-23)14-32-24-28-26-22(18-10-11-30-16(18)3)29(24)13-17-8-6-5-7-9-17/h5-12H,4,13-14H2,1-3H3. The third-order valence-electron chi connectivity index (χ3n) is 5.34. The van der Waals surface area contributed by atoms with Crippen molar-refractivity contribution in [2.75, 3.05) is 0 Å². The molecule has 0 aliphatic carbocycles. The maximum Gasteiger partial charge on any atom is 0.257 e. The van der Waals surface area contributed by atoms with Crippen LogP contribution in [0.1, 0.15) is 34.6 Å². The van der Waals surface area contributed by atoms with Crippen LogP contribution in [0.4, 0.5) is 0 Å². The number of aromatic nitrogens is 5. The zero-order valence-corrected chi connectivity index (χ0v) is 20.2. The maximum atomic E-state index is 5.96. The Morgan fingerprint density at radius 1 is 1.03 bits per heavy atom. The molecule has 0 amide bonds. The molecular weight excluding hydrogens is 454 g/mol. The number of hydrogen-bond donors (Lipinski definition) is 0. The number of furan rings is 1. The van der Waals surface area contributed by atoms with E-state index >= 15 is 0 Å². The lowest BCUT2D eigenvalue weighted by atomic mass is 10.2. The van der Waals surface area contributed by atoms with Crippen molar-refractivity contribution in [3.8, 4) is 22.2 Å². The van der Waals surface area contributed by atoms with Crippen LogP contribution in [-0.4, -0.2) is 25.0 Å². The van der Waals surface area contributed by atoms with Gasteiger partial charge in [-0.1, -0.05) is 49.0 Å². The Morgan fingerprint density at radius 2 is 1.88 bits per heavy atom. The van der Waals surface area contributed by atoms with Crippen molar-refractivity contribution in [1.82, 2.24) is 25.0 Å². The Hall–Kier alpha value is -3.17. The number of nitrogens with zero attached hydrogens (tertiary/aromatic N) is 5. The average Bonchev–Trinajstić information content (AvgIpc) is 3.60. The first-order chi connectivity index (χ1) is 16.1. The molecule has 0 aliphatic rings. The Balaban J connectivity index is 1.39. The minimum Gasteiger partial charge on any atom is -0.469 e. The molecule has 0 atom stereocenters. The summed E-state index contributed by atoms with van der Waals surface area (Å²) in [6, 6.07) is 14.3. The SMILES string of the molecule is CCc1sc(-c2nnc(CSc3nnc(-c4ccoc4C)n3Cc3ccccc3)o2)cc1C. The first-order valence-corrected chi connectivity index (χ1v) is 12.5. The normalized spacial score (nSPS) is 11.4. The Labute approximate surface area is 199 Å². The third kappa shape index (κ3) is 4.51. The molecular formula is C24H23N5O2S2. The van der Waals surface area contributed by atoms with Gasteiger partial charge in [-0.3, -0.25) is 4.57 Å². The van der Waals surface area contributed by atoms with Crippen LogP contribution < -0.4 is 0 Å². The molecule has 0 bridgehead atoms. The quantitative estimate of drug-likeness (QED) is 0.247. The molecule has 168 valence electrons. The van der Waals surface area contributed by atoms with Gasteiger partial charge in [0.05, 0.1) is 29.0 Å². The van der Waals surface area contributed by atoms with E-state index in [1.54, 1.807) is 17.6 Å². The van der Waals surface area contributed by atoms with E-state index in [-0.39, 0.29) is 0 Å². The number of thioether (sulfide) groups is 1. The van der Waals surface area contributed by atoms with Crippen LogP contribution in [0.25, 0.3) is 22.2 Å². The van der Waals surface area contributed by atoms with Gasteiger partial charge >= 0.3 is 0 Å². The lowest BCUT2D eigenvalue weighted by Crippen LogP contribution is -2.04. The van der Waals surface area contributed by atoms with Gasteiger partial charge < -0.3 is 8.83 Å². The number of rotatable bonds is 8. The second-order valence-electron chi connectivity index (χ2n) is 7.63. The van der Waals surface area contributed by atoms with E-state index in [2.05, 4.69) is 57.0 Å². The third-order valence-corrected chi connectivity index (χ3v) is 7.67. The van der Waals surface area contributed by atoms with Crippen molar-refractivity contribution >= 4 is 23.1 Å². The Kier molecular flexibility index (Phi) is 6.15. The van der Waals surface area contributed by atoms with E-state index in [1.807, 2.05) is 31.2 Å². The molecule has 0 saturated heterocycles. The van der Waals surface area contributed by atoms with Gasteiger partial charge in [0.1, 0.15) is 5.76 Å². The van der Waals surface area contributed by atoms with Crippen LogP contribution >= 0.6 is 23.1 Å². The van der Waals surface area contributed by atoms with E-state index in [9.17, 15) is 0 Å². The molecule has 9 heteroatoms. The number of thiophene rings is 1. The van der Waals surface area contributed by atoms with Crippen molar-refractivity contribution in [3.05, 3.63) is 76.4 Å². The highest BCUT2D eigenvalue weighted by Crippen LogP contribution is 2.33. The fourth-order valence-corrected chi connectivity index (χ4v) is 5.44. The molecule has 7 nitrogen and oxygen atoms in total. The van der Waals surface area contributed by atoms with E-state index in [0.717, 1.165) is 33.6 Å². The highest BCUT2D eigenvalue weighted by atomic mass is 32.2. The van der Waals surface area contributed by atoms with Crippen LogP contribution in [0, 0.1) is 13.8 Å². The zero-order valence-electron chi connectivity index (χ0n) is 18.6. The topological polar surface area (TPSA) is 82.8 Å². The van der Waals surface area contributed by atoms with Gasteiger partial charge in [-0.15, -0.1) is 31.7 Å². The molecule has 4 heterocycles. The summed E-state index contributed by atoms with van der Waals surface area (Å²) in [6.45, 7) is 6.85. The minimum atomic E-state index is 0.509. The van der Waals surface area contributed by atoms with Crippen LogP contribution in [0.3, 0.4) is 0 Å². The Morgan fingerprint density at radius 3 is 2.61 bits per heavy atom. The summed E-state index contributed by atoms with van der Waals surface area (Å²) in [4.78, 5) is 2.35. The van der Waals surface area contributed by atoms with Gasteiger partial charge in [0, 0.05) is 4.88 Å². The fourth-order valence-electron chi connectivity index (χ4n) is 3.63. The number of aryl methyl sites for hydroxylation is 3. The molecule has 4 aromatic heterocycles. The van der Waals surface area contributed by atoms with Gasteiger partial charge in [-0.2, -0.15) is 0 Å². The smallest absolute Gasteiger partial charge is 0.257 e. The van der Waals surface area contributed by atoms with E-state index in [0.29, 0.717) is 24.1 Å².